The number of carbonyl (C=O) groups is 2. The van der Waals surface area contributed by atoms with Gasteiger partial charge < -0.3 is 15.4 Å². The van der Waals surface area contributed by atoms with E-state index in [1.807, 2.05) is 0 Å². The maximum absolute atomic E-state index is 12.0. The third-order valence-corrected chi connectivity index (χ3v) is 3.56. The summed E-state index contributed by atoms with van der Waals surface area (Å²) in [5, 5.41) is 5.79. The fraction of sp³-hybridized carbons (Fsp3) is 0.333. The maximum Gasteiger partial charge on any atom is 0.339 e. The van der Waals surface area contributed by atoms with Crippen LogP contribution in [0.15, 0.2) is 36.7 Å². The Bertz CT molecular complexity index is 717. The van der Waals surface area contributed by atoms with E-state index in [1.54, 1.807) is 24.3 Å². The van der Waals surface area contributed by atoms with E-state index in [0.717, 1.165) is 19.3 Å². The number of anilines is 2. The van der Waals surface area contributed by atoms with Gasteiger partial charge in [0.25, 0.3) is 5.91 Å². The van der Waals surface area contributed by atoms with Gasteiger partial charge in [-0.2, -0.15) is 0 Å². The molecule has 1 aromatic carbocycles. The van der Waals surface area contributed by atoms with Gasteiger partial charge in [-0.3, -0.25) is 4.79 Å². The molecule has 0 fully saturated rings. The number of rotatable bonds is 8. The molecule has 0 bridgehead atoms. The number of hydrogen-bond acceptors (Lipinski definition) is 6. The predicted octanol–water partition coefficient (Wildman–Crippen LogP) is 2.93. The van der Waals surface area contributed by atoms with Crippen molar-refractivity contribution in [2.24, 2.45) is 0 Å². The highest BCUT2D eigenvalue weighted by molar-refractivity contribution is 5.96. The molecule has 0 saturated carbocycles. The number of para-hydroxylation sites is 1. The van der Waals surface area contributed by atoms with Gasteiger partial charge in [-0.25, -0.2) is 14.8 Å². The lowest BCUT2D eigenvalue weighted by Crippen LogP contribution is -2.24. The van der Waals surface area contributed by atoms with E-state index >= 15 is 0 Å². The maximum atomic E-state index is 12.0. The Morgan fingerprint density at radius 3 is 2.52 bits per heavy atom. The molecule has 0 radical (unpaired) electrons. The molecule has 2 rings (SSSR count). The zero-order chi connectivity index (χ0) is 18.1. The van der Waals surface area contributed by atoms with Gasteiger partial charge in [-0.15, -0.1) is 0 Å². The average Bonchev–Trinajstić information content (AvgIpc) is 2.65. The minimum Gasteiger partial charge on any atom is -0.465 e. The number of unbranched alkanes of at least 4 members (excludes halogenated alkanes) is 2. The SMILES string of the molecule is CCCCCNC(=O)c1cnc(Nc2ccccc2C(=O)OC)nc1. The normalized spacial score (nSPS) is 10.2. The van der Waals surface area contributed by atoms with Gasteiger partial charge in [0.15, 0.2) is 0 Å². The van der Waals surface area contributed by atoms with Crippen LogP contribution in [-0.2, 0) is 4.74 Å². The number of carbonyl (C=O) groups excluding carboxylic acids is 2. The summed E-state index contributed by atoms with van der Waals surface area (Å²) in [4.78, 5) is 32.0. The fourth-order valence-corrected chi connectivity index (χ4v) is 2.19. The van der Waals surface area contributed by atoms with E-state index in [-0.39, 0.29) is 5.91 Å². The van der Waals surface area contributed by atoms with Crippen molar-refractivity contribution in [1.29, 1.82) is 0 Å². The predicted molar refractivity (Wildman–Crippen MR) is 95.0 cm³/mol. The molecule has 1 aromatic heterocycles. The molecule has 2 N–H and O–H groups in total. The van der Waals surface area contributed by atoms with E-state index in [2.05, 4.69) is 27.5 Å². The molecule has 1 heterocycles. The third kappa shape index (κ3) is 5.27. The Kier molecular flexibility index (Phi) is 6.88. The number of aromatic nitrogens is 2. The van der Waals surface area contributed by atoms with Crippen LogP contribution in [0.1, 0.15) is 46.9 Å². The van der Waals surface area contributed by atoms with Crippen LogP contribution in [0.4, 0.5) is 11.6 Å². The number of ether oxygens (including phenoxy) is 1. The number of benzene rings is 1. The van der Waals surface area contributed by atoms with Crippen molar-refractivity contribution >= 4 is 23.5 Å². The van der Waals surface area contributed by atoms with Gasteiger partial charge in [-0.1, -0.05) is 31.9 Å². The van der Waals surface area contributed by atoms with E-state index in [1.165, 1.54) is 19.5 Å². The highest BCUT2D eigenvalue weighted by atomic mass is 16.5. The van der Waals surface area contributed by atoms with Crippen molar-refractivity contribution in [2.45, 2.75) is 26.2 Å². The summed E-state index contributed by atoms with van der Waals surface area (Å²) in [6.07, 6.45) is 6.04. The number of methoxy groups -OCH3 is 1. The zero-order valence-electron chi connectivity index (χ0n) is 14.4. The average molecular weight is 342 g/mol. The van der Waals surface area contributed by atoms with Gasteiger partial charge in [0.2, 0.25) is 5.95 Å². The fourth-order valence-electron chi connectivity index (χ4n) is 2.19. The van der Waals surface area contributed by atoms with Gasteiger partial charge in [0, 0.05) is 18.9 Å². The summed E-state index contributed by atoms with van der Waals surface area (Å²) in [6.45, 7) is 2.75. The summed E-state index contributed by atoms with van der Waals surface area (Å²) >= 11 is 0. The van der Waals surface area contributed by atoms with Crippen LogP contribution in [0.25, 0.3) is 0 Å². The molecule has 0 aliphatic rings. The van der Waals surface area contributed by atoms with Crippen molar-refractivity contribution in [2.75, 3.05) is 19.0 Å². The van der Waals surface area contributed by atoms with E-state index in [4.69, 9.17) is 4.74 Å². The van der Waals surface area contributed by atoms with Crippen LogP contribution in [0.3, 0.4) is 0 Å². The van der Waals surface area contributed by atoms with Gasteiger partial charge in [0.05, 0.1) is 23.9 Å². The monoisotopic (exact) mass is 342 g/mol. The van der Waals surface area contributed by atoms with Crippen LogP contribution < -0.4 is 10.6 Å². The molecule has 0 saturated heterocycles. The Morgan fingerprint density at radius 1 is 1.12 bits per heavy atom. The molecular formula is C18H22N4O3. The molecule has 7 heteroatoms. The summed E-state index contributed by atoms with van der Waals surface area (Å²) in [7, 11) is 1.32. The molecule has 0 unspecified atom stereocenters. The van der Waals surface area contributed by atoms with Gasteiger partial charge in [-0.05, 0) is 18.6 Å². The largest absolute Gasteiger partial charge is 0.465 e. The Balaban J connectivity index is 2.01. The molecule has 1 amide bonds. The van der Waals surface area contributed by atoms with Gasteiger partial charge >= 0.3 is 5.97 Å². The van der Waals surface area contributed by atoms with Crippen molar-refractivity contribution < 1.29 is 14.3 Å². The first-order valence-electron chi connectivity index (χ1n) is 8.20. The number of amides is 1. The van der Waals surface area contributed by atoms with Crippen molar-refractivity contribution in [3.05, 3.63) is 47.8 Å². The van der Waals surface area contributed by atoms with Crippen LogP contribution in [0, 0.1) is 0 Å². The lowest BCUT2D eigenvalue weighted by Gasteiger charge is -2.09. The van der Waals surface area contributed by atoms with Crippen molar-refractivity contribution in [3.63, 3.8) is 0 Å². The number of esters is 1. The van der Waals surface area contributed by atoms with Crippen molar-refractivity contribution in [3.8, 4) is 0 Å². The van der Waals surface area contributed by atoms with Gasteiger partial charge in [0.1, 0.15) is 0 Å². The minimum atomic E-state index is -0.453. The highest BCUT2D eigenvalue weighted by Gasteiger charge is 2.12. The van der Waals surface area contributed by atoms with E-state index in [0.29, 0.717) is 29.3 Å². The summed E-state index contributed by atoms with van der Waals surface area (Å²) in [5.41, 5.74) is 1.31. The zero-order valence-corrected chi connectivity index (χ0v) is 14.4. The first-order valence-corrected chi connectivity index (χ1v) is 8.20. The topological polar surface area (TPSA) is 93.2 Å². The highest BCUT2D eigenvalue weighted by Crippen LogP contribution is 2.19. The molecule has 132 valence electrons. The van der Waals surface area contributed by atoms with Crippen LogP contribution >= 0.6 is 0 Å². The van der Waals surface area contributed by atoms with Crippen LogP contribution in [0.5, 0.6) is 0 Å². The standard InChI is InChI=1S/C18H22N4O3/c1-3-4-7-10-19-16(23)13-11-20-18(21-12-13)22-15-9-6-5-8-14(15)17(24)25-2/h5-6,8-9,11-12H,3-4,7,10H2,1-2H3,(H,19,23)(H,20,21,22). The molecule has 25 heavy (non-hydrogen) atoms. The first kappa shape index (κ1) is 18.4. The second-order valence-corrected chi connectivity index (χ2v) is 5.42. The Hall–Kier alpha value is -2.96. The number of nitrogens with one attached hydrogen (secondary N) is 2. The molecule has 2 aromatic rings. The molecule has 0 atom stereocenters. The third-order valence-electron chi connectivity index (χ3n) is 3.56. The molecule has 0 aliphatic heterocycles. The quantitative estimate of drug-likeness (QED) is 0.566. The van der Waals surface area contributed by atoms with E-state index in [9.17, 15) is 9.59 Å². The molecular weight excluding hydrogens is 320 g/mol. The summed E-state index contributed by atoms with van der Waals surface area (Å²) < 4.78 is 4.75. The number of hydrogen-bond donors (Lipinski definition) is 2. The molecule has 7 nitrogen and oxygen atoms in total. The Labute approximate surface area is 146 Å². The molecule has 0 aliphatic carbocycles. The lowest BCUT2D eigenvalue weighted by atomic mass is 10.2. The van der Waals surface area contributed by atoms with Crippen LogP contribution in [-0.4, -0.2) is 35.5 Å². The number of nitrogens with zero attached hydrogens (tertiary/aromatic N) is 2. The smallest absolute Gasteiger partial charge is 0.339 e. The Morgan fingerprint density at radius 2 is 1.84 bits per heavy atom. The first-order chi connectivity index (χ1) is 12.2. The van der Waals surface area contributed by atoms with E-state index < -0.39 is 5.97 Å². The summed E-state index contributed by atoms with van der Waals surface area (Å²) in [5.74, 6) is -0.359. The minimum absolute atomic E-state index is 0.197. The second kappa shape index (κ2) is 9.36. The second-order valence-electron chi connectivity index (χ2n) is 5.42. The molecule has 0 spiro atoms. The lowest BCUT2D eigenvalue weighted by molar-refractivity contribution is 0.0601. The van der Waals surface area contributed by atoms with Crippen molar-refractivity contribution in [1.82, 2.24) is 15.3 Å². The summed E-state index contributed by atoms with van der Waals surface area (Å²) in [6, 6.07) is 6.90. The van der Waals surface area contributed by atoms with Crippen LogP contribution in [0.2, 0.25) is 0 Å².